The Bertz CT molecular complexity index is 578. The van der Waals surface area contributed by atoms with E-state index in [1.165, 1.54) is 0 Å². The first-order valence-electron chi connectivity index (χ1n) is 8.94. The average molecular weight is 333 g/mol. The minimum Gasteiger partial charge on any atom is -0.381 e. The van der Waals surface area contributed by atoms with E-state index in [4.69, 9.17) is 4.74 Å². The van der Waals surface area contributed by atoms with Crippen LogP contribution in [0.1, 0.15) is 42.6 Å². The summed E-state index contributed by atoms with van der Waals surface area (Å²) in [4.78, 5) is 28.7. The second kappa shape index (κ2) is 7.83. The van der Waals surface area contributed by atoms with Crippen LogP contribution in [0.4, 0.5) is 0 Å². The Hall–Kier alpha value is -1.82. The Labute approximate surface area is 143 Å². The maximum absolute atomic E-state index is 13.0. The zero-order chi connectivity index (χ0) is 16.9. The molecule has 6 heteroatoms. The van der Waals surface area contributed by atoms with E-state index in [0.29, 0.717) is 26.2 Å². The van der Waals surface area contributed by atoms with Crippen molar-refractivity contribution >= 4 is 11.8 Å². The van der Waals surface area contributed by atoms with Gasteiger partial charge in [-0.2, -0.15) is 0 Å². The lowest BCUT2D eigenvalue weighted by Crippen LogP contribution is -2.45. The summed E-state index contributed by atoms with van der Waals surface area (Å²) in [7, 11) is 1.90. The third-order valence-corrected chi connectivity index (χ3v) is 5.05. The highest BCUT2D eigenvalue weighted by molar-refractivity contribution is 5.93. The van der Waals surface area contributed by atoms with Crippen LogP contribution in [-0.4, -0.2) is 65.1 Å². The van der Waals surface area contributed by atoms with Crippen LogP contribution in [0.15, 0.2) is 18.3 Å². The van der Waals surface area contributed by atoms with E-state index in [2.05, 4.69) is 0 Å². The summed E-state index contributed by atoms with van der Waals surface area (Å²) in [6.45, 7) is 3.73. The summed E-state index contributed by atoms with van der Waals surface area (Å²) < 4.78 is 7.32. The van der Waals surface area contributed by atoms with Crippen molar-refractivity contribution in [3.8, 4) is 0 Å². The van der Waals surface area contributed by atoms with Crippen LogP contribution in [0, 0.1) is 0 Å². The normalized spacial score (nSPS) is 19.0. The van der Waals surface area contributed by atoms with Gasteiger partial charge in [-0.25, -0.2) is 0 Å². The molecule has 0 aliphatic carbocycles. The molecule has 0 radical (unpaired) electrons. The van der Waals surface area contributed by atoms with Gasteiger partial charge in [0.15, 0.2) is 0 Å². The van der Waals surface area contributed by atoms with Gasteiger partial charge in [0.05, 0.1) is 0 Å². The summed E-state index contributed by atoms with van der Waals surface area (Å²) in [5.41, 5.74) is 0.721. The van der Waals surface area contributed by atoms with Crippen LogP contribution in [0.5, 0.6) is 0 Å². The SMILES string of the molecule is Cn1cccc1C(=O)N(CCCN1CCCC1=O)C1CCOCC1. The number of hydrogen-bond donors (Lipinski definition) is 0. The molecule has 2 fully saturated rings. The second-order valence-corrected chi connectivity index (χ2v) is 6.68. The molecular formula is C18H27N3O3. The molecule has 0 aromatic carbocycles. The molecule has 0 saturated carbocycles. The van der Waals surface area contributed by atoms with Crippen molar-refractivity contribution in [3.63, 3.8) is 0 Å². The predicted octanol–water partition coefficient (Wildman–Crippen LogP) is 1.66. The second-order valence-electron chi connectivity index (χ2n) is 6.68. The number of amides is 2. The summed E-state index contributed by atoms with van der Waals surface area (Å²) in [6, 6.07) is 4.01. The molecule has 0 bridgehead atoms. The number of ether oxygens (including phenoxy) is 1. The zero-order valence-electron chi connectivity index (χ0n) is 14.4. The highest BCUT2D eigenvalue weighted by atomic mass is 16.5. The van der Waals surface area contributed by atoms with E-state index < -0.39 is 0 Å². The number of aromatic nitrogens is 1. The van der Waals surface area contributed by atoms with Crippen LogP contribution in [0.25, 0.3) is 0 Å². The lowest BCUT2D eigenvalue weighted by molar-refractivity contribution is -0.127. The molecule has 6 nitrogen and oxygen atoms in total. The predicted molar refractivity (Wildman–Crippen MR) is 90.7 cm³/mol. The number of carbonyl (C=O) groups is 2. The van der Waals surface area contributed by atoms with Crippen molar-refractivity contribution in [2.45, 2.75) is 38.1 Å². The van der Waals surface area contributed by atoms with Gasteiger partial charge in [-0.05, 0) is 37.8 Å². The van der Waals surface area contributed by atoms with Crippen molar-refractivity contribution in [3.05, 3.63) is 24.0 Å². The molecule has 1 aromatic rings. The van der Waals surface area contributed by atoms with Gasteiger partial charge in [0.25, 0.3) is 5.91 Å². The third-order valence-electron chi connectivity index (χ3n) is 5.05. The Morgan fingerprint density at radius 3 is 2.79 bits per heavy atom. The molecule has 0 unspecified atom stereocenters. The van der Waals surface area contributed by atoms with E-state index in [-0.39, 0.29) is 17.9 Å². The monoisotopic (exact) mass is 333 g/mol. The lowest BCUT2D eigenvalue weighted by atomic mass is 10.1. The molecule has 2 aliphatic heterocycles. The lowest BCUT2D eigenvalue weighted by Gasteiger charge is -2.35. The largest absolute Gasteiger partial charge is 0.381 e. The van der Waals surface area contributed by atoms with Gasteiger partial charge in [-0.15, -0.1) is 0 Å². The molecular weight excluding hydrogens is 306 g/mol. The molecule has 132 valence electrons. The van der Waals surface area contributed by atoms with E-state index in [0.717, 1.165) is 44.5 Å². The van der Waals surface area contributed by atoms with Crippen LogP contribution < -0.4 is 0 Å². The Balaban J connectivity index is 1.64. The number of rotatable bonds is 6. The smallest absolute Gasteiger partial charge is 0.270 e. The Kier molecular flexibility index (Phi) is 5.56. The summed E-state index contributed by atoms with van der Waals surface area (Å²) in [5.74, 6) is 0.337. The highest BCUT2D eigenvalue weighted by Gasteiger charge is 2.28. The fraction of sp³-hybridized carbons (Fsp3) is 0.667. The van der Waals surface area contributed by atoms with Gasteiger partial charge in [0.1, 0.15) is 5.69 Å². The van der Waals surface area contributed by atoms with Crippen LogP contribution in [0.2, 0.25) is 0 Å². The molecule has 0 N–H and O–H groups in total. The van der Waals surface area contributed by atoms with Crippen molar-refractivity contribution in [1.29, 1.82) is 0 Å². The van der Waals surface area contributed by atoms with E-state index in [1.54, 1.807) is 0 Å². The third kappa shape index (κ3) is 3.80. The molecule has 24 heavy (non-hydrogen) atoms. The minimum atomic E-state index is 0.0853. The van der Waals surface area contributed by atoms with Crippen molar-refractivity contribution in [2.75, 3.05) is 32.8 Å². The fourth-order valence-corrected chi connectivity index (χ4v) is 3.65. The summed E-state index contributed by atoms with van der Waals surface area (Å²) in [5, 5.41) is 0. The number of carbonyl (C=O) groups excluding carboxylic acids is 2. The fourth-order valence-electron chi connectivity index (χ4n) is 3.65. The first kappa shape index (κ1) is 17.0. The zero-order valence-corrected chi connectivity index (χ0v) is 14.4. The first-order valence-corrected chi connectivity index (χ1v) is 8.94. The van der Waals surface area contributed by atoms with Crippen LogP contribution >= 0.6 is 0 Å². The van der Waals surface area contributed by atoms with Gasteiger partial charge >= 0.3 is 0 Å². The van der Waals surface area contributed by atoms with E-state index in [1.807, 2.05) is 39.7 Å². The standard InChI is InChI=1S/C18H27N3O3/c1-19-9-2-5-16(19)18(23)21(15-7-13-24-14-8-15)12-4-11-20-10-3-6-17(20)22/h2,5,9,15H,3-4,6-8,10-14H2,1H3. The van der Waals surface area contributed by atoms with Crippen molar-refractivity contribution in [2.24, 2.45) is 7.05 Å². The quantitative estimate of drug-likeness (QED) is 0.795. The maximum atomic E-state index is 13.0. The molecule has 3 rings (SSSR count). The number of nitrogens with zero attached hydrogens (tertiary/aromatic N) is 3. The van der Waals surface area contributed by atoms with Gasteiger partial charge < -0.3 is 19.1 Å². The summed E-state index contributed by atoms with van der Waals surface area (Å²) >= 11 is 0. The van der Waals surface area contributed by atoms with Crippen molar-refractivity contribution < 1.29 is 14.3 Å². The minimum absolute atomic E-state index is 0.0853. The van der Waals surface area contributed by atoms with Gasteiger partial charge in [0, 0.05) is 58.6 Å². The Morgan fingerprint density at radius 1 is 1.38 bits per heavy atom. The van der Waals surface area contributed by atoms with E-state index in [9.17, 15) is 9.59 Å². The molecule has 1 aromatic heterocycles. The number of likely N-dealkylation sites (tertiary alicyclic amines) is 1. The molecule has 2 amide bonds. The van der Waals surface area contributed by atoms with Crippen LogP contribution in [-0.2, 0) is 16.6 Å². The van der Waals surface area contributed by atoms with Gasteiger partial charge in [0.2, 0.25) is 5.91 Å². The molecule has 3 heterocycles. The molecule has 2 saturated heterocycles. The average Bonchev–Trinajstić information content (AvgIpc) is 3.20. The Morgan fingerprint density at radius 2 is 2.17 bits per heavy atom. The van der Waals surface area contributed by atoms with E-state index >= 15 is 0 Å². The number of hydrogen-bond acceptors (Lipinski definition) is 3. The molecule has 0 atom stereocenters. The van der Waals surface area contributed by atoms with Gasteiger partial charge in [-0.3, -0.25) is 9.59 Å². The topological polar surface area (TPSA) is 54.8 Å². The number of aryl methyl sites for hydroxylation is 1. The maximum Gasteiger partial charge on any atom is 0.270 e. The van der Waals surface area contributed by atoms with Crippen molar-refractivity contribution in [1.82, 2.24) is 14.4 Å². The molecule has 0 spiro atoms. The first-order chi connectivity index (χ1) is 11.7. The van der Waals surface area contributed by atoms with Crippen LogP contribution in [0.3, 0.4) is 0 Å². The highest BCUT2D eigenvalue weighted by Crippen LogP contribution is 2.19. The summed E-state index contributed by atoms with van der Waals surface area (Å²) in [6.07, 6.45) is 6.14. The molecule has 2 aliphatic rings. The van der Waals surface area contributed by atoms with Gasteiger partial charge in [-0.1, -0.05) is 0 Å².